The Kier molecular flexibility index (Phi) is 4.54. The zero-order valence-corrected chi connectivity index (χ0v) is 13.4. The summed E-state index contributed by atoms with van der Waals surface area (Å²) >= 11 is 0. The van der Waals surface area contributed by atoms with Gasteiger partial charge in [0, 0.05) is 17.1 Å². The van der Waals surface area contributed by atoms with Gasteiger partial charge >= 0.3 is 11.9 Å². The number of para-hydroxylation sites is 1. The molecule has 118 valence electrons. The lowest BCUT2D eigenvalue weighted by Crippen LogP contribution is -2.26. The van der Waals surface area contributed by atoms with E-state index in [0.717, 1.165) is 10.9 Å². The van der Waals surface area contributed by atoms with E-state index >= 15 is 0 Å². The molecule has 22 heavy (non-hydrogen) atoms. The Balaban J connectivity index is 2.34. The molecular formula is C17H21NO4. The van der Waals surface area contributed by atoms with Crippen molar-refractivity contribution in [2.75, 3.05) is 6.61 Å². The maximum Gasteiger partial charge on any atom is 0.340 e. The largest absolute Gasteiger partial charge is 0.462 e. The summed E-state index contributed by atoms with van der Waals surface area (Å²) in [6, 6.07) is 7.42. The maximum absolute atomic E-state index is 12.0. The minimum atomic E-state index is -0.538. The molecule has 0 saturated carbocycles. The first-order valence-corrected chi connectivity index (χ1v) is 7.28. The topological polar surface area (TPSA) is 57.5 Å². The molecule has 2 aromatic rings. The third-order valence-corrected chi connectivity index (χ3v) is 3.00. The molecule has 0 fully saturated rings. The Morgan fingerprint density at radius 1 is 1.18 bits per heavy atom. The first kappa shape index (κ1) is 16.1. The second kappa shape index (κ2) is 6.22. The van der Waals surface area contributed by atoms with E-state index in [2.05, 4.69) is 0 Å². The Morgan fingerprint density at radius 2 is 1.86 bits per heavy atom. The van der Waals surface area contributed by atoms with E-state index in [1.54, 1.807) is 17.7 Å². The van der Waals surface area contributed by atoms with Gasteiger partial charge < -0.3 is 14.0 Å². The number of hydrogen-bond acceptors (Lipinski definition) is 4. The Labute approximate surface area is 129 Å². The number of carbonyl (C=O) groups is 2. The molecule has 5 heteroatoms. The van der Waals surface area contributed by atoms with Gasteiger partial charge in [-0.25, -0.2) is 4.79 Å². The van der Waals surface area contributed by atoms with Crippen LogP contribution in [0.1, 0.15) is 38.1 Å². The zero-order valence-electron chi connectivity index (χ0n) is 13.4. The standard InChI is InChI=1S/C17H21NO4/c1-5-21-16(20)13-10-18(11-15(19)22-17(2,3)4)14-9-7-6-8-12(13)14/h6-10H,5,11H2,1-4H3. The summed E-state index contributed by atoms with van der Waals surface area (Å²) in [7, 11) is 0. The van der Waals surface area contributed by atoms with Crippen LogP contribution in [0.2, 0.25) is 0 Å². The summed E-state index contributed by atoms with van der Waals surface area (Å²) in [4.78, 5) is 24.1. The molecular weight excluding hydrogens is 282 g/mol. The normalized spacial score (nSPS) is 11.5. The number of hydrogen-bond donors (Lipinski definition) is 0. The smallest absolute Gasteiger partial charge is 0.340 e. The Hall–Kier alpha value is -2.30. The minimum Gasteiger partial charge on any atom is -0.462 e. The highest BCUT2D eigenvalue weighted by atomic mass is 16.6. The highest BCUT2D eigenvalue weighted by molar-refractivity contribution is 6.04. The second-order valence-corrected chi connectivity index (χ2v) is 5.99. The molecule has 1 heterocycles. The van der Waals surface area contributed by atoms with E-state index in [1.807, 2.05) is 45.0 Å². The molecule has 1 aromatic carbocycles. The van der Waals surface area contributed by atoms with E-state index in [1.165, 1.54) is 0 Å². The second-order valence-electron chi connectivity index (χ2n) is 5.99. The number of esters is 2. The van der Waals surface area contributed by atoms with Crippen LogP contribution in [0, 0.1) is 0 Å². The lowest BCUT2D eigenvalue weighted by Gasteiger charge is -2.19. The number of nitrogens with zero attached hydrogens (tertiary/aromatic N) is 1. The maximum atomic E-state index is 12.0. The van der Waals surface area contributed by atoms with E-state index in [0.29, 0.717) is 12.2 Å². The summed E-state index contributed by atoms with van der Waals surface area (Å²) < 4.78 is 12.1. The Bertz CT molecular complexity index is 694. The lowest BCUT2D eigenvalue weighted by molar-refractivity contribution is -0.155. The lowest BCUT2D eigenvalue weighted by atomic mass is 10.2. The molecule has 0 radical (unpaired) electrons. The van der Waals surface area contributed by atoms with Crippen molar-refractivity contribution < 1.29 is 19.1 Å². The molecule has 0 unspecified atom stereocenters. The number of aromatic nitrogens is 1. The van der Waals surface area contributed by atoms with Gasteiger partial charge in [0.1, 0.15) is 12.1 Å². The fourth-order valence-electron chi connectivity index (χ4n) is 2.26. The number of benzene rings is 1. The summed E-state index contributed by atoms with van der Waals surface area (Å²) in [5, 5.41) is 0.768. The fourth-order valence-corrected chi connectivity index (χ4v) is 2.26. The fraction of sp³-hybridized carbons (Fsp3) is 0.412. The van der Waals surface area contributed by atoms with Gasteiger partial charge in [-0.2, -0.15) is 0 Å². The van der Waals surface area contributed by atoms with Gasteiger partial charge in [-0.05, 0) is 33.8 Å². The predicted octanol–water partition coefficient (Wildman–Crippen LogP) is 3.16. The van der Waals surface area contributed by atoms with Gasteiger partial charge in [0.2, 0.25) is 0 Å². The summed E-state index contributed by atoms with van der Waals surface area (Å²) in [6.45, 7) is 7.59. The van der Waals surface area contributed by atoms with Crippen molar-refractivity contribution in [1.82, 2.24) is 4.57 Å². The van der Waals surface area contributed by atoms with Crippen LogP contribution >= 0.6 is 0 Å². The molecule has 0 aliphatic rings. The van der Waals surface area contributed by atoms with Crippen LogP contribution in [0.25, 0.3) is 10.9 Å². The molecule has 0 amide bonds. The van der Waals surface area contributed by atoms with Crippen molar-refractivity contribution >= 4 is 22.8 Å². The van der Waals surface area contributed by atoms with Crippen LogP contribution in [0.5, 0.6) is 0 Å². The van der Waals surface area contributed by atoms with Crippen molar-refractivity contribution in [3.63, 3.8) is 0 Å². The molecule has 1 aromatic heterocycles. The first-order chi connectivity index (χ1) is 10.3. The third-order valence-electron chi connectivity index (χ3n) is 3.00. The molecule has 0 aliphatic heterocycles. The zero-order chi connectivity index (χ0) is 16.3. The van der Waals surface area contributed by atoms with Gasteiger partial charge in [-0.1, -0.05) is 18.2 Å². The van der Waals surface area contributed by atoms with Crippen molar-refractivity contribution in [2.45, 2.75) is 39.8 Å². The first-order valence-electron chi connectivity index (χ1n) is 7.28. The van der Waals surface area contributed by atoms with Crippen molar-refractivity contribution in [3.8, 4) is 0 Å². The summed E-state index contributed by atoms with van der Waals surface area (Å²) in [5.74, 6) is -0.731. The number of fused-ring (bicyclic) bond motifs is 1. The van der Waals surface area contributed by atoms with Crippen molar-refractivity contribution in [1.29, 1.82) is 0 Å². The molecule has 0 bridgehead atoms. The monoisotopic (exact) mass is 303 g/mol. The van der Waals surface area contributed by atoms with Gasteiger partial charge in [0.05, 0.1) is 12.2 Å². The Morgan fingerprint density at radius 3 is 2.50 bits per heavy atom. The SMILES string of the molecule is CCOC(=O)c1cn(CC(=O)OC(C)(C)C)c2ccccc12. The highest BCUT2D eigenvalue weighted by Gasteiger charge is 2.20. The van der Waals surface area contributed by atoms with Crippen LogP contribution in [0.4, 0.5) is 0 Å². The molecule has 0 spiro atoms. The average Bonchev–Trinajstić information content (AvgIpc) is 2.76. The van der Waals surface area contributed by atoms with Crippen molar-refractivity contribution in [2.24, 2.45) is 0 Å². The van der Waals surface area contributed by atoms with Crippen LogP contribution in [0.3, 0.4) is 0 Å². The molecule has 0 N–H and O–H groups in total. The molecule has 0 aliphatic carbocycles. The third kappa shape index (κ3) is 3.67. The van der Waals surface area contributed by atoms with E-state index in [4.69, 9.17) is 9.47 Å². The van der Waals surface area contributed by atoms with E-state index in [9.17, 15) is 9.59 Å². The van der Waals surface area contributed by atoms with E-state index < -0.39 is 5.60 Å². The van der Waals surface area contributed by atoms with Crippen LogP contribution in [0.15, 0.2) is 30.5 Å². The van der Waals surface area contributed by atoms with E-state index in [-0.39, 0.29) is 18.5 Å². The van der Waals surface area contributed by atoms with Gasteiger partial charge in [0.15, 0.2) is 0 Å². The molecule has 2 rings (SSSR count). The van der Waals surface area contributed by atoms with Crippen molar-refractivity contribution in [3.05, 3.63) is 36.0 Å². The van der Waals surface area contributed by atoms with Crippen LogP contribution < -0.4 is 0 Å². The highest BCUT2D eigenvalue weighted by Crippen LogP contribution is 2.22. The number of ether oxygens (including phenoxy) is 2. The van der Waals surface area contributed by atoms with Gasteiger partial charge in [0.25, 0.3) is 0 Å². The molecule has 0 atom stereocenters. The summed E-state index contributed by atoms with van der Waals surface area (Å²) in [5.41, 5.74) is 0.724. The average molecular weight is 303 g/mol. The quantitative estimate of drug-likeness (QED) is 0.814. The van der Waals surface area contributed by atoms with Crippen LogP contribution in [-0.4, -0.2) is 28.7 Å². The van der Waals surface area contributed by atoms with Gasteiger partial charge in [-0.3, -0.25) is 4.79 Å². The molecule has 5 nitrogen and oxygen atoms in total. The van der Waals surface area contributed by atoms with Gasteiger partial charge in [-0.15, -0.1) is 0 Å². The minimum absolute atomic E-state index is 0.0528. The summed E-state index contributed by atoms with van der Waals surface area (Å²) in [6.07, 6.45) is 1.65. The number of rotatable bonds is 4. The van der Waals surface area contributed by atoms with Crippen LogP contribution in [-0.2, 0) is 20.8 Å². The number of carbonyl (C=O) groups excluding carboxylic acids is 2. The predicted molar refractivity (Wildman–Crippen MR) is 83.7 cm³/mol. The molecule has 0 saturated heterocycles.